The monoisotopic (exact) mass is 415 g/mol. The second-order valence-corrected chi connectivity index (χ2v) is 8.93. The van der Waals surface area contributed by atoms with Crippen LogP contribution in [0.25, 0.3) is 10.4 Å². The second-order valence-electron chi connectivity index (χ2n) is 7.73. The SMILES string of the molecule is CC1=CN=CCC1c1nc(C)sc1-c1cccc(CC(=O)Nc2ccc(C)cc2)c1. The summed E-state index contributed by atoms with van der Waals surface area (Å²) in [5.41, 5.74) is 6.45. The lowest BCUT2D eigenvalue weighted by Crippen LogP contribution is -2.14. The third kappa shape index (κ3) is 4.57. The zero-order chi connectivity index (χ0) is 21.1. The molecular weight excluding hydrogens is 390 g/mol. The Balaban J connectivity index is 1.55. The Morgan fingerprint density at radius 1 is 1.13 bits per heavy atom. The average molecular weight is 416 g/mol. The van der Waals surface area contributed by atoms with E-state index in [2.05, 4.69) is 29.4 Å². The van der Waals surface area contributed by atoms with E-state index in [-0.39, 0.29) is 11.8 Å². The number of aliphatic imine (C=N–C) groups is 1. The Morgan fingerprint density at radius 3 is 2.70 bits per heavy atom. The molecule has 30 heavy (non-hydrogen) atoms. The van der Waals surface area contributed by atoms with Gasteiger partial charge < -0.3 is 5.32 Å². The largest absolute Gasteiger partial charge is 0.326 e. The first-order chi connectivity index (χ1) is 14.5. The number of hydrogen-bond acceptors (Lipinski definition) is 4. The van der Waals surface area contributed by atoms with E-state index in [1.807, 2.05) is 62.7 Å². The molecule has 2 heterocycles. The van der Waals surface area contributed by atoms with Crippen LogP contribution in [-0.4, -0.2) is 17.1 Å². The third-order valence-electron chi connectivity index (χ3n) is 5.25. The molecule has 1 aliphatic rings. The van der Waals surface area contributed by atoms with Crippen LogP contribution in [0.2, 0.25) is 0 Å². The van der Waals surface area contributed by atoms with Crippen LogP contribution in [0.15, 0.2) is 65.3 Å². The average Bonchev–Trinajstić information content (AvgIpc) is 3.12. The van der Waals surface area contributed by atoms with Gasteiger partial charge in [-0.05, 0) is 62.1 Å². The number of benzene rings is 2. The molecular formula is C25H25N3OS. The summed E-state index contributed by atoms with van der Waals surface area (Å²) in [6.07, 6.45) is 5.10. The molecule has 0 aliphatic carbocycles. The lowest BCUT2D eigenvalue weighted by molar-refractivity contribution is -0.115. The molecule has 1 amide bonds. The minimum absolute atomic E-state index is 0.0148. The van der Waals surface area contributed by atoms with Crippen molar-refractivity contribution in [2.24, 2.45) is 4.99 Å². The fraction of sp³-hybridized carbons (Fsp3) is 0.240. The summed E-state index contributed by atoms with van der Waals surface area (Å²) in [7, 11) is 0. The molecule has 4 nitrogen and oxygen atoms in total. The number of rotatable bonds is 5. The molecule has 152 valence electrons. The van der Waals surface area contributed by atoms with E-state index in [4.69, 9.17) is 4.98 Å². The minimum Gasteiger partial charge on any atom is -0.326 e. The number of amides is 1. The standard InChI is InChI=1S/C25H25N3OS/c1-16-7-9-21(10-8-16)28-23(29)14-19-5-4-6-20(13-19)25-24(27-18(3)30-25)22-11-12-26-15-17(22)2/h4-10,12-13,15,22H,11,14H2,1-3H3,(H,28,29). The minimum atomic E-state index is -0.0148. The van der Waals surface area contributed by atoms with Gasteiger partial charge in [-0.1, -0.05) is 35.9 Å². The first-order valence-electron chi connectivity index (χ1n) is 10.1. The van der Waals surface area contributed by atoms with E-state index in [0.29, 0.717) is 6.42 Å². The Labute approximate surface area is 181 Å². The maximum Gasteiger partial charge on any atom is 0.228 e. The molecule has 0 saturated heterocycles. The summed E-state index contributed by atoms with van der Waals surface area (Å²) in [6, 6.07) is 16.1. The van der Waals surface area contributed by atoms with Gasteiger partial charge in [0.1, 0.15) is 0 Å². The van der Waals surface area contributed by atoms with E-state index >= 15 is 0 Å². The number of allylic oxidation sites excluding steroid dienone is 1. The van der Waals surface area contributed by atoms with Gasteiger partial charge in [-0.2, -0.15) is 0 Å². The quantitative estimate of drug-likeness (QED) is 0.550. The molecule has 5 heteroatoms. The molecule has 0 spiro atoms. The molecule has 2 aromatic carbocycles. The normalized spacial score (nSPS) is 15.7. The van der Waals surface area contributed by atoms with Crippen molar-refractivity contribution in [3.05, 3.63) is 82.1 Å². The number of hydrogen-bond donors (Lipinski definition) is 1. The number of nitrogens with one attached hydrogen (secondary N) is 1. The van der Waals surface area contributed by atoms with E-state index < -0.39 is 0 Å². The maximum atomic E-state index is 12.5. The highest BCUT2D eigenvalue weighted by atomic mass is 32.1. The van der Waals surface area contributed by atoms with Gasteiger partial charge in [-0.25, -0.2) is 4.98 Å². The number of thiazole rings is 1. The van der Waals surface area contributed by atoms with Crippen LogP contribution in [0.5, 0.6) is 0 Å². The van der Waals surface area contributed by atoms with Gasteiger partial charge in [0, 0.05) is 24.0 Å². The summed E-state index contributed by atoms with van der Waals surface area (Å²) >= 11 is 1.71. The Bertz CT molecular complexity index is 1130. The first kappa shape index (κ1) is 20.2. The Morgan fingerprint density at radius 2 is 1.93 bits per heavy atom. The van der Waals surface area contributed by atoms with Gasteiger partial charge >= 0.3 is 0 Å². The fourth-order valence-electron chi connectivity index (χ4n) is 3.68. The number of aromatic nitrogens is 1. The van der Waals surface area contributed by atoms with Gasteiger partial charge in [0.25, 0.3) is 0 Å². The van der Waals surface area contributed by atoms with Crippen LogP contribution < -0.4 is 5.32 Å². The molecule has 0 radical (unpaired) electrons. The van der Waals surface area contributed by atoms with Crippen molar-refractivity contribution in [3.8, 4) is 10.4 Å². The predicted octanol–water partition coefficient (Wildman–Crippen LogP) is 6.07. The highest BCUT2D eigenvalue weighted by Crippen LogP contribution is 2.39. The highest BCUT2D eigenvalue weighted by molar-refractivity contribution is 7.15. The van der Waals surface area contributed by atoms with Gasteiger partial charge in [0.2, 0.25) is 5.91 Å². The number of carbonyl (C=O) groups excluding carboxylic acids is 1. The van der Waals surface area contributed by atoms with E-state index in [1.165, 1.54) is 16.0 Å². The van der Waals surface area contributed by atoms with E-state index in [0.717, 1.165) is 33.9 Å². The third-order valence-corrected chi connectivity index (χ3v) is 6.29. The van der Waals surface area contributed by atoms with Crippen molar-refractivity contribution in [3.63, 3.8) is 0 Å². The number of nitrogens with zero attached hydrogens (tertiary/aromatic N) is 2. The number of aryl methyl sites for hydroxylation is 2. The molecule has 0 saturated carbocycles. The van der Waals surface area contributed by atoms with E-state index in [9.17, 15) is 4.79 Å². The lowest BCUT2D eigenvalue weighted by atomic mass is 9.91. The second kappa shape index (κ2) is 8.76. The van der Waals surface area contributed by atoms with Crippen LogP contribution in [-0.2, 0) is 11.2 Å². The van der Waals surface area contributed by atoms with Crippen LogP contribution in [0.3, 0.4) is 0 Å². The number of carbonyl (C=O) groups is 1. The maximum absolute atomic E-state index is 12.5. The van der Waals surface area contributed by atoms with Gasteiger partial charge in [0.15, 0.2) is 0 Å². The molecule has 1 unspecified atom stereocenters. The molecule has 1 aromatic heterocycles. The molecule has 1 atom stereocenters. The molecule has 1 N–H and O–H groups in total. The molecule has 1 aliphatic heterocycles. The van der Waals surface area contributed by atoms with Crippen molar-refractivity contribution < 1.29 is 4.79 Å². The van der Waals surface area contributed by atoms with Crippen molar-refractivity contribution in [2.75, 3.05) is 5.32 Å². The summed E-state index contributed by atoms with van der Waals surface area (Å²) in [5.74, 6) is 0.245. The Hall–Kier alpha value is -3.05. The topological polar surface area (TPSA) is 54.4 Å². The molecule has 0 fully saturated rings. The summed E-state index contributed by atoms with van der Waals surface area (Å²) in [4.78, 5) is 22.8. The van der Waals surface area contributed by atoms with Crippen LogP contribution in [0, 0.1) is 13.8 Å². The zero-order valence-electron chi connectivity index (χ0n) is 17.5. The lowest BCUT2D eigenvalue weighted by Gasteiger charge is -2.18. The fourth-order valence-corrected chi connectivity index (χ4v) is 4.65. The van der Waals surface area contributed by atoms with E-state index in [1.54, 1.807) is 11.3 Å². The van der Waals surface area contributed by atoms with Gasteiger partial charge in [0.05, 0.1) is 22.0 Å². The summed E-state index contributed by atoms with van der Waals surface area (Å²) in [6.45, 7) is 6.20. The highest BCUT2D eigenvalue weighted by Gasteiger charge is 2.23. The number of anilines is 1. The summed E-state index contributed by atoms with van der Waals surface area (Å²) in [5, 5.41) is 4.03. The van der Waals surface area contributed by atoms with Crippen molar-refractivity contribution >= 4 is 29.1 Å². The summed E-state index contributed by atoms with van der Waals surface area (Å²) < 4.78 is 0. The van der Waals surface area contributed by atoms with Crippen molar-refractivity contribution in [2.45, 2.75) is 39.5 Å². The van der Waals surface area contributed by atoms with Crippen molar-refractivity contribution in [1.82, 2.24) is 4.98 Å². The van der Waals surface area contributed by atoms with Crippen LogP contribution >= 0.6 is 11.3 Å². The molecule has 3 aromatic rings. The van der Waals surface area contributed by atoms with Gasteiger partial charge in [-0.15, -0.1) is 11.3 Å². The van der Waals surface area contributed by atoms with Gasteiger partial charge in [-0.3, -0.25) is 9.79 Å². The molecule has 0 bridgehead atoms. The van der Waals surface area contributed by atoms with Crippen LogP contribution in [0.4, 0.5) is 5.69 Å². The van der Waals surface area contributed by atoms with Crippen LogP contribution in [0.1, 0.15) is 41.1 Å². The smallest absolute Gasteiger partial charge is 0.228 e. The van der Waals surface area contributed by atoms with Crippen molar-refractivity contribution in [1.29, 1.82) is 0 Å². The zero-order valence-corrected chi connectivity index (χ0v) is 18.3. The Kier molecular flexibility index (Phi) is 5.91. The molecule has 4 rings (SSSR count). The first-order valence-corrected chi connectivity index (χ1v) is 10.9. The predicted molar refractivity (Wildman–Crippen MR) is 125 cm³/mol.